The Labute approximate surface area is 267 Å². The predicted octanol–water partition coefficient (Wildman–Crippen LogP) is 5.81. The maximum Gasteiger partial charge on any atom is 0.295 e. The number of ether oxygens (including phenoxy) is 2. The molecule has 0 amide bonds. The summed E-state index contributed by atoms with van der Waals surface area (Å²) in [7, 11) is -1.97. The molecular formula is C26H45Br2ClN6O4Si2. The third-order valence-corrected chi connectivity index (χ3v) is 10.6. The van der Waals surface area contributed by atoms with Gasteiger partial charge in [0.25, 0.3) is 11.1 Å². The van der Waals surface area contributed by atoms with Crippen molar-refractivity contribution in [1.82, 2.24) is 19.5 Å². The normalized spacial score (nSPS) is 14.8. The molecule has 0 aromatic carbocycles. The Morgan fingerprint density at radius 1 is 0.854 bits per heavy atom. The van der Waals surface area contributed by atoms with Crippen LogP contribution in [0, 0.1) is 0 Å². The first-order valence-electron chi connectivity index (χ1n) is 13.9. The van der Waals surface area contributed by atoms with Crippen molar-refractivity contribution < 1.29 is 9.47 Å². The largest absolute Gasteiger partial charge is 0.366 e. The second-order valence-electron chi connectivity index (χ2n) is 12.4. The lowest BCUT2D eigenvalue weighted by atomic mass is 10.2. The summed E-state index contributed by atoms with van der Waals surface area (Å²) < 4.78 is 13.6. The molecule has 0 bridgehead atoms. The van der Waals surface area contributed by atoms with Gasteiger partial charge in [-0.25, -0.2) is 9.97 Å². The molecule has 0 unspecified atom stereocenters. The summed E-state index contributed by atoms with van der Waals surface area (Å²) in [4.78, 5) is 38.5. The van der Waals surface area contributed by atoms with Crippen LogP contribution in [0.5, 0.6) is 0 Å². The van der Waals surface area contributed by atoms with Crippen LogP contribution in [0.2, 0.25) is 51.4 Å². The third kappa shape index (κ3) is 13.9. The lowest BCUT2D eigenvalue weighted by molar-refractivity contribution is 0.0844. The number of H-pyrrole nitrogens is 1. The molecule has 4 rings (SSSR count). The van der Waals surface area contributed by atoms with Crippen molar-refractivity contribution in [2.75, 3.05) is 55.3 Å². The molecule has 2 aliphatic rings. The third-order valence-electron chi connectivity index (χ3n) is 6.28. The number of rotatable bonds is 11. The van der Waals surface area contributed by atoms with E-state index < -0.39 is 16.1 Å². The predicted molar refractivity (Wildman–Crippen MR) is 181 cm³/mol. The van der Waals surface area contributed by atoms with Crippen molar-refractivity contribution in [2.45, 2.75) is 70.9 Å². The molecule has 0 spiro atoms. The number of anilines is 2. The maximum absolute atomic E-state index is 12.3. The van der Waals surface area contributed by atoms with Gasteiger partial charge in [-0.3, -0.25) is 14.2 Å². The van der Waals surface area contributed by atoms with Gasteiger partial charge in [-0.05, 0) is 56.8 Å². The van der Waals surface area contributed by atoms with Crippen LogP contribution in [0.15, 0.2) is 31.2 Å². The Morgan fingerprint density at radius 3 is 1.85 bits per heavy atom. The lowest BCUT2D eigenvalue weighted by Crippen LogP contribution is -2.42. The van der Waals surface area contributed by atoms with Crippen LogP contribution in [0.4, 0.5) is 11.6 Å². The van der Waals surface area contributed by atoms with Gasteiger partial charge in [-0.1, -0.05) is 50.9 Å². The van der Waals surface area contributed by atoms with Gasteiger partial charge in [0.15, 0.2) is 11.6 Å². The summed E-state index contributed by atoms with van der Waals surface area (Å²) in [5.74, 6) is 1.05. The SMILES string of the molecule is C[Si](C)(C)CCOCCl.C[Si](C)(C)CCOCn1cc(Br)nc(N2CCC2)c1=O.O=c1[nH]cc(Br)nc1N1CCC1. The number of nitrogens with zero attached hydrogens (tertiary/aromatic N) is 5. The first-order valence-corrected chi connectivity index (χ1v) is 23.5. The summed E-state index contributed by atoms with van der Waals surface area (Å²) in [5, 5.41) is 0. The van der Waals surface area contributed by atoms with Crippen molar-refractivity contribution >= 4 is 71.2 Å². The van der Waals surface area contributed by atoms with Gasteiger partial charge in [0.05, 0.1) is 0 Å². The molecule has 2 aliphatic heterocycles. The molecule has 0 radical (unpaired) electrons. The van der Waals surface area contributed by atoms with E-state index in [1.165, 1.54) is 6.04 Å². The Bertz CT molecular complexity index is 1200. The van der Waals surface area contributed by atoms with Crippen molar-refractivity contribution in [2.24, 2.45) is 0 Å². The maximum atomic E-state index is 12.3. The number of hydrogen-bond donors (Lipinski definition) is 1. The number of halogens is 3. The number of nitrogens with one attached hydrogen (secondary N) is 1. The van der Waals surface area contributed by atoms with Gasteiger partial charge in [-0.15, -0.1) is 0 Å². The lowest BCUT2D eigenvalue weighted by Gasteiger charge is -2.31. The molecule has 2 aromatic rings. The fourth-order valence-electron chi connectivity index (χ4n) is 3.41. The average molecular weight is 757 g/mol. The highest BCUT2D eigenvalue weighted by molar-refractivity contribution is 9.10. The molecule has 10 nitrogen and oxygen atoms in total. The van der Waals surface area contributed by atoms with Crippen molar-refractivity contribution in [3.8, 4) is 0 Å². The summed E-state index contributed by atoms with van der Waals surface area (Å²) >= 11 is 11.9. The monoisotopic (exact) mass is 754 g/mol. The van der Waals surface area contributed by atoms with E-state index in [1.807, 2.05) is 9.80 Å². The minimum absolute atomic E-state index is 0.0686. The molecule has 15 heteroatoms. The molecule has 41 heavy (non-hydrogen) atoms. The van der Waals surface area contributed by atoms with Gasteiger partial charge < -0.3 is 24.3 Å². The quantitative estimate of drug-likeness (QED) is 0.174. The van der Waals surface area contributed by atoms with Gasteiger partial charge >= 0.3 is 0 Å². The minimum atomic E-state index is -1.09. The van der Waals surface area contributed by atoms with E-state index in [9.17, 15) is 9.59 Å². The Hall–Kier alpha value is -1.04. The molecule has 2 fully saturated rings. The second-order valence-corrected chi connectivity index (χ2v) is 25.5. The van der Waals surface area contributed by atoms with Crippen LogP contribution in [0.1, 0.15) is 12.8 Å². The molecule has 232 valence electrons. The zero-order valence-corrected chi connectivity index (χ0v) is 31.1. The number of aromatic nitrogens is 4. The van der Waals surface area contributed by atoms with E-state index >= 15 is 0 Å². The second kappa shape index (κ2) is 17.3. The van der Waals surface area contributed by atoms with Crippen molar-refractivity contribution in [3.05, 3.63) is 42.3 Å². The standard InChI is InChI=1S/C13H22BrN3O2Si.C7H8BrN3O.C6H15ClOSi/c1-20(2,3)8-7-19-10-17-9-11(14)15-12(13(17)18)16-5-4-6-16;8-5-4-9-7(12)6(10-5)11-2-1-3-11;1-9(2,3)5-4-8-6-7/h9H,4-8,10H2,1-3H3;4H,1-3H2,(H,9,12);4-6H2,1-3H3. The van der Waals surface area contributed by atoms with E-state index in [4.69, 9.17) is 21.1 Å². The van der Waals surface area contributed by atoms with Crippen LogP contribution < -0.4 is 20.9 Å². The fourth-order valence-corrected chi connectivity index (χ4v) is 5.73. The molecular weight excluding hydrogens is 712 g/mol. The van der Waals surface area contributed by atoms with Crippen LogP contribution in [0.25, 0.3) is 0 Å². The topological polar surface area (TPSA) is 106 Å². The van der Waals surface area contributed by atoms with Crippen LogP contribution >= 0.6 is 43.5 Å². The summed E-state index contributed by atoms with van der Waals surface area (Å²) in [6, 6.07) is 2.65. The van der Waals surface area contributed by atoms with E-state index in [0.29, 0.717) is 40.2 Å². The Kier molecular flexibility index (Phi) is 15.3. The van der Waals surface area contributed by atoms with Gasteiger partial charge in [-0.2, -0.15) is 0 Å². The molecule has 0 aliphatic carbocycles. The first kappa shape index (κ1) is 36.2. The zero-order valence-electron chi connectivity index (χ0n) is 25.1. The van der Waals surface area contributed by atoms with E-state index in [1.54, 1.807) is 17.0 Å². The number of aromatic amines is 1. The molecule has 0 saturated carbocycles. The molecule has 0 atom stereocenters. The van der Waals surface area contributed by atoms with Crippen molar-refractivity contribution in [1.29, 1.82) is 0 Å². The van der Waals surface area contributed by atoms with Crippen LogP contribution in [-0.4, -0.2) is 81.1 Å². The van der Waals surface area contributed by atoms with Gasteiger partial charge in [0, 0.05) is 67.9 Å². The Balaban J connectivity index is 0.000000238. The smallest absolute Gasteiger partial charge is 0.295 e. The average Bonchev–Trinajstić information content (AvgIpc) is 2.79. The first-order chi connectivity index (χ1) is 19.2. The highest BCUT2D eigenvalue weighted by Crippen LogP contribution is 2.17. The number of alkyl halides is 1. The zero-order chi connectivity index (χ0) is 30.6. The van der Waals surface area contributed by atoms with E-state index in [-0.39, 0.29) is 11.1 Å². The van der Waals surface area contributed by atoms with E-state index in [0.717, 1.165) is 51.7 Å². The summed E-state index contributed by atoms with van der Waals surface area (Å²) in [6.07, 6.45) is 5.51. The van der Waals surface area contributed by atoms with Gasteiger partial charge in [0.2, 0.25) is 0 Å². The highest BCUT2D eigenvalue weighted by atomic mass is 79.9. The fraction of sp³-hybridized carbons (Fsp3) is 0.692. The van der Waals surface area contributed by atoms with Crippen LogP contribution in [-0.2, 0) is 16.2 Å². The summed E-state index contributed by atoms with van der Waals surface area (Å²) in [5.41, 5.74) is -0.182. The molecule has 2 saturated heterocycles. The minimum Gasteiger partial charge on any atom is -0.366 e. The molecule has 4 heterocycles. The van der Waals surface area contributed by atoms with E-state index in [2.05, 4.69) is 86.1 Å². The molecule has 1 N–H and O–H groups in total. The number of hydrogen-bond acceptors (Lipinski definition) is 8. The van der Waals surface area contributed by atoms with Crippen molar-refractivity contribution in [3.63, 3.8) is 0 Å². The Morgan fingerprint density at radius 2 is 1.37 bits per heavy atom. The van der Waals surface area contributed by atoms with Gasteiger partial charge in [0.1, 0.15) is 22.0 Å². The summed E-state index contributed by atoms with van der Waals surface area (Å²) in [6.45, 7) is 19.4. The van der Waals surface area contributed by atoms with Crippen LogP contribution in [0.3, 0.4) is 0 Å². The molecule has 2 aromatic heterocycles. The highest BCUT2D eigenvalue weighted by Gasteiger charge is 2.21.